The maximum absolute atomic E-state index is 14.1. The standard InChI is InChI=1S/C22H20FNO4/c1-26-13-14-27-21-12-9-17(15-20(21)23)24-22(25)16-7-10-19(11-8-16)28-18-5-3-2-4-6-18/h2-12,15H,13-14H2,1H3,(H,24,25). The molecular formula is C22H20FNO4. The number of rotatable bonds is 8. The minimum Gasteiger partial charge on any atom is -0.488 e. The number of ether oxygens (including phenoxy) is 3. The molecular weight excluding hydrogens is 361 g/mol. The number of benzene rings is 3. The van der Waals surface area contributed by atoms with E-state index in [0.29, 0.717) is 29.4 Å². The summed E-state index contributed by atoms with van der Waals surface area (Å²) in [5.74, 6) is 0.533. The predicted molar refractivity (Wildman–Crippen MR) is 105 cm³/mol. The Morgan fingerprint density at radius 2 is 1.64 bits per heavy atom. The maximum Gasteiger partial charge on any atom is 0.255 e. The van der Waals surface area contributed by atoms with E-state index in [-0.39, 0.29) is 18.3 Å². The van der Waals surface area contributed by atoms with Gasteiger partial charge < -0.3 is 19.5 Å². The maximum atomic E-state index is 14.1. The van der Waals surface area contributed by atoms with Crippen molar-refractivity contribution in [1.82, 2.24) is 0 Å². The number of methoxy groups -OCH3 is 1. The van der Waals surface area contributed by atoms with Crippen LogP contribution in [0.25, 0.3) is 0 Å². The highest BCUT2D eigenvalue weighted by Gasteiger charge is 2.10. The summed E-state index contributed by atoms with van der Waals surface area (Å²) in [5.41, 5.74) is 0.771. The van der Waals surface area contributed by atoms with Crippen LogP contribution in [-0.4, -0.2) is 26.2 Å². The lowest BCUT2D eigenvalue weighted by molar-refractivity contribution is 0.102. The topological polar surface area (TPSA) is 56.8 Å². The quantitative estimate of drug-likeness (QED) is 0.564. The molecule has 0 saturated heterocycles. The fraction of sp³-hybridized carbons (Fsp3) is 0.136. The first-order valence-corrected chi connectivity index (χ1v) is 8.71. The highest BCUT2D eigenvalue weighted by molar-refractivity contribution is 6.04. The van der Waals surface area contributed by atoms with Crippen LogP contribution in [0.3, 0.4) is 0 Å². The van der Waals surface area contributed by atoms with Gasteiger partial charge in [-0.15, -0.1) is 0 Å². The Kier molecular flexibility index (Phi) is 6.59. The minimum atomic E-state index is -0.555. The van der Waals surface area contributed by atoms with E-state index in [1.807, 2.05) is 30.3 Å². The molecule has 0 spiro atoms. The van der Waals surface area contributed by atoms with Crippen LogP contribution in [-0.2, 0) is 4.74 Å². The van der Waals surface area contributed by atoms with Crippen molar-refractivity contribution in [2.24, 2.45) is 0 Å². The second kappa shape index (κ2) is 9.53. The monoisotopic (exact) mass is 381 g/mol. The molecule has 3 aromatic carbocycles. The molecule has 0 aliphatic rings. The number of anilines is 1. The van der Waals surface area contributed by atoms with Crippen molar-refractivity contribution in [3.63, 3.8) is 0 Å². The molecule has 0 heterocycles. The van der Waals surface area contributed by atoms with Gasteiger partial charge in [0.25, 0.3) is 5.91 Å². The molecule has 1 N–H and O–H groups in total. The number of carbonyl (C=O) groups excluding carboxylic acids is 1. The van der Waals surface area contributed by atoms with E-state index in [9.17, 15) is 9.18 Å². The zero-order valence-electron chi connectivity index (χ0n) is 15.4. The molecule has 0 aliphatic heterocycles. The Bertz CT molecular complexity index is 914. The molecule has 0 bridgehead atoms. The zero-order chi connectivity index (χ0) is 19.8. The Hall–Kier alpha value is -3.38. The van der Waals surface area contributed by atoms with Crippen LogP contribution < -0.4 is 14.8 Å². The molecule has 0 saturated carbocycles. The smallest absolute Gasteiger partial charge is 0.255 e. The van der Waals surface area contributed by atoms with E-state index in [2.05, 4.69) is 5.32 Å². The van der Waals surface area contributed by atoms with Crippen molar-refractivity contribution in [2.75, 3.05) is 25.6 Å². The molecule has 6 heteroatoms. The molecule has 3 rings (SSSR count). The van der Waals surface area contributed by atoms with Crippen LogP contribution >= 0.6 is 0 Å². The molecule has 0 aromatic heterocycles. The lowest BCUT2D eigenvalue weighted by Gasteiger charge is -2.10. The molecule has 144 valence electrons. The van der Waals surface area contributed by atoms with E-state index in [1.54, 1.807) is 37.4 Å². The third kappa shape index (κ3) is 5.31. The summed E-state index contributed by atoms with van der Waals surface area (Å²) in [4.78, 5) is 12.4. The molecule has 3 aromatic rings. The first-order valence-electron chi connectivity index (χ1n) is 8.71. The van der Waals surface area contributed by atoms with Gasteiger partial charge in [-0.3, -0.25) is 4.79 Å². The number of halogens is 1. The van der Waals surface area contributed by atoms with Crippen LogP contribution in [0.4, 0.5) is 10.1 Å². The van der Waals surface area contributed by atoms with Crippen molar-refractivity contribution >= 4 is 11.6 Å². The third-order valence-electron chi connectivity index (χ3n) is 3.83. The molecule has 0 aliphatic carbocycles. The van der Waals surface area contributed by atoms with Crippen LogP contribution in [0.5, 0.6) is 17.2 Å². The van der Waals surface area contributed by atoms with Gasteiger partial charge in [0.15, 0.2) is 11.6 Å². The van der Waals surface area contributed by atoms with Gasteiger partial charge in [0.2, 0.25) is 0 Å². The predicted octanol–water partition coefficient (Wildman–Crippen LogP) is 4.90. The number of carbonyl (C=O) groups is 1. The Balaban J connectivity index is 1.60. The second-order valence-electron chi connectivity index (χ2n) is 5.88. The summed E-state index contributed by atoms with van der Waals surface area (Å²) in [7, 11) is 1.54. The second-order valence-corrected chi connectivity index (χ2v) is 5.88. The largest absolute Gasteiger partial charge is 0.488 e. The first kappa shape index (κ1) is 19.4. The van der Waals surface area contributed by atoms with Gasteiger partial charge in [-0.05, 0) is 48.5 Å². The van der Waals surface area contributed by atoms with Crippen LogP contribution in [0.15, 0.2) is 72.8 Å². The number of hydrogen-bond donors (Lipinski definition) is 1. The highest BCUT2D eigenvalue weighted by atomic mass is 19.1. The molecule has 0 atom stereocenters. The van der Waals surface area contributed by atoms with E-state index >= 15 is 0 Å². The average molecular weight is 381 g/mol. The molecule has 28 heavy (non-hydrogen) atoms. The summed E-state index contributed by atoms with van der Waals surface area (Å²) in [6.45, 7) is 0.610. The molecule has 0 radical (unpaired) electrons. The normalized spacial score (nSPS) is 10.4. The number of para-hydroxylation sites is 1. The van der Waals surface area contributed by atoms with Crippen molar-refractivity contribution in [1.29, 1.82) is 0 Å². The molecule has 0 unspecified atom stereocenters. The minimum absolute atomic E-state index is 0.109. The Labute approximate surface area is 162 Å². The number of nitrogens with one attached hydrogen (secondary N) is 1. The molecule has 5 nitrogen and oxygen atoms in total. The van der Waals surface area contributed by atoms with Gasteiger partial charge in [-0.1, -0.05) is 18.2 Å². The molecule has 0 fully saturated rings. The Morgan fingerprint density at radius 1 is 0.929 bits per heavy atom. The van der Waals surface area contributed by atoms with Gasteiger partial charge in [-0.2, -0.15) is 0 Å². The number of hydrogen-bond acceptors (Lipinski definition) is 4. The summed E-state index contributed by atoms with van der Waals surface area (Å²) < 4.78 is 29.9. The fourth-order valence-electron chi connectivity index (χ4n) is 2.43. The first-order chi connectivity index (χ1) is 13.7. The lowest BCUT2D eigenvalue weighted by Crippen LogP contribution is -2.12. The lowest BCUT2D eigenvalue weighted by atomic mass is 10.2. The van der Waals surface area contributed by atoms with Crippen molar-refractivity contribution < 1.29 is 23.4 Å². The van der Waals surface area contributed by atoms with Crippen LogP contribution in [0, 0.1) is 5.82 Å². The van der Waals surface area contributed by atoms with Crippen molar-refractivity contribution in [3.05, 3.63) is 84.2 Å². The summed E-state index contributed by atoms with van der Waals surface area (Å²) in [5, 5.41) is 2.66. The highest BCUT2D eigenvalue weighted by Crippen LogP contribution is 2.23. The van der Waals surface area contributed by atoms with Crippen molar-refractivity contribution in [3.8, 4) is 17.2 Å². The van der Waals surface area contributed by atoms with Gasteiger partial charge in [0.05, 0.1) is 6.61 Å². The van der Waals surface area contributed by atoms with Crippen LogP contribution in [0.2, 0.25) is 0 Å². The average Bonchev–Trinajstić information content (AvgIpc) is 2.71. The summed E-state index contributed by atoms with van der Waals surface area (Å²) in [6, 6.07) is 20.3. The fourth-order valence-corrected chi connectivity index (χ4v) is 2.43. The number of amides is 1. The van der Waals surface area contributed by atoms with Crippen LogP contribution in [0.1, 0.15) is 10.4 Å². The summed E-state index contributed by atoms with van der Waals surface area (Å²) >= 11 is 0. The van der Waals surface area contributed by atoms with Crippen molar-refractivity contribution in [2.45, 2.75) is 0 Å². The molecule has 1 amide bonds. The van der Waals surface area contributed by atoms with E-state index in [4.69, 9.17) is 14.2 Å². The van der Waals surface area contributed by atoms with E-state index in [0.717, 1.165) is 0 Å². The van der Waals surface area contributed by atoms with Gasteiger partial charge in [-0.25, -0.2) is 4.39 Å². The van der Waals surface area contributed by atoms with Gasteiger partial charge in [0, 0.05) is 24.4 Å². The van der Waals surface area contributed by atoms with E-state index < -0.39 is 5.82 Å². The van der Waals surface area contributed by atoms with Gasteiger partial charge in [0.1, 0.15) is 18.1 Å². The zero-order valence-corrected chi connectivity index (χ0v) is 15.4. The summed E-state index contributed by atoms with van der Waals surface area (Å²) in [6.07, 6.45) is 0. The van der Waals surface area contributed by atoms with E-state index in [1.165, 1.54) is 12.1 Å². The third-order valence-corrected chi connectivity index (χ3v) is 3.83. The Morgan fingerprint density at radius 3 is 2.32 bits per heavy atom. The van der Waals surface area contributed by atoms with Gasteiger partial charge >= 0.3 is 0 Å². The SMILES string of the molecule is COCCOc1ccc(NC(=O)c2ccc(Oc3ccccc3)cc2)cc1F.